The molecule has 0 nitrogen and oxygen atoms in total. The Morgan fingerprint density at radius 3 is 1.45 bits per heavy atom. The lowest BCUT2D eigenvalue weighted by Gasteiger charge is -2.19. The largest absolute Gasteiger partial charge is 0.207 e. The van der Waals surface area contributed by atoms with Crippen molar-refractivity contribution in [2.45, 2.75) is 59.3 Å². The van der Waals surface area contributed by atoms with Crippen LogP contribution in [0, 0.1) is 12.7 Å². The highest BCUT2D eigenvalue weighted by Gasteiger charge is 2.13. The van der Waals surface area contributed by atoms with Crippen molar-refractivity contribution < 1.29 is 4.39 Å². The van der Waals surface area contributed by atoms with Crippen molar-refractivity contribution in [2.24, 2.45) is 0 Å². The fourth-order valence-electron chi connectivity index (χ4n) is 2.07. The van der Waals surface area contributed by atoms with Crippen LogP contribution in [0.2, 0.25) is 0 Å². The zero-order valence-electron chi connectivity index (χ0n) is 15.0. The minimum absolute atomic E-state index is 0.0437. The molecule has 2 aromatic carbocycles. The van der Waals surface area contributed by atoms with E-state index in [-0.39, 0.29) is 16.6 Å². The Morgan fingerprint density at radius 2 is 1.14 bits per heavy atom. The highest BCUT2D eigenvalue weighted by molar-refractivity contribution is 5.27. The van der Waals surface area contributed by atoms with E-state index in [0.29, 0.717) is 0 Å². The maximum Gasteiger partial charge on any atom is 0.123 e. The average molecular weight is 300 g/mol. The Morgan fingerprint density at radius 1 is 0.682 bits per heavy atom. The van der Waals surface area contributed by atoms with Crippen LogP contribution in [-0.2, 0) is 10.8 Å². The van der Waals surface area contributed by atoms with Crippen LogP contribution >= 0.6 is 0 Å². The molecule has 0 radical (unpaired) electrons. The van der Waals surface area contributed by atoms with Crippen LogP contribution in [0.15, 0.2) is 48.5 Å². The number of rotatable bonds is 0. The number of hydrogen-bond acceptors (Lipinski definition) is 0. The van der Waals surface area contributed by atoms with Crippen molar-refractivity contribution in [1.82, 2.24) is 0 Å². The van der Waals surface area contributed by atoms with Gasteiger partial charge in [0.2, 0.25) is 0 Å². The Hall–Kier alpha value is -1.63. The second-order valence-electron chi connectivity index (χ2n) is 7.88. The van der Waals surface area contributed by atoms with Gasteiger partial charge < -0.3 is 0 Å². The maximum atomic E-state index is 12.7. The number of aryl methyl sites for hydroxylation is 1. The molecule has 2 rings (SSSR count). The third-order valence-corrected chi connectivity index (χ3v) is 3.57. The molecule has 0 saturated carbocycles. The smallest absolute Gasteiger partial charge is 0.123 e. The van der Waals surface area contributed by atoms with Crippen molar-refractivity contribution in [2.75, 3.05) is 0 Å². The minimum atomic E-state index is -0.155. The Kier molecular flexibility index (Phi) is 5.93. The topological polar surface area (TPSA) is 0 Å². The van der Waals surface area contributed by atoms with Crippen LogP contribution in [0.1, 0.15) is 58.2 Å². The predicted molar refractivity (Wildman–Crippen MR) is 95.0 cm³/mol. The standard InChI is InChI=1S/C11H16.C10H13F/c1-9-6-5-7-10(8-9)11(2,3)4;1-10(2,3)8-5-4-6-9(11)7-8/h5-8H,1-4H3;4-7H,1-3H3. The molecule has 0 heterocycles. The molecule has 0 bridgehead atoms. The highest BCUT2D eigenvalue weighted by atomic mass is 19.1. The van der Waals surface area contributed by atoms with Crippen LogP contribution in [-0.4, -0.2) is 0 Å². The first-order valence-electron chi connectivity index (χ1n) is 7.83. The molecule has 0 atom stereocenters. The van der Waals surface area contributed by atoms with Gasteiger partial charge in [-0.25, -0.2) is 4.39 Å². The van der Waals surface area contributed by atoms with Crippen molar-refractivity contribution in [1.29, 1.82) is 0 Å². The molecule has 0 aliphatic heterocycles. The van der Waals surface area contributed by atoms with Crippen LogP contribution in [0.3, 0.4) is 0 Å². The second-order valence-corrected chi connectivity index (χ2v) is 7.88. The molecule has 1 heteroatoms. The van der Waals surface area contributed by atoms with Gasteiger partial charge in [0, 0.05) is 0 Å². The molecule has 0 saturated heterocycles. The molecular formula is C21H29F. The van der Waals surface area contributed by atoms with Gasteiger partial charge in [-0.3, -0.25) is 0 Å². The maximum absolute atomic E-state index is 12.7. The predicted octanol–water partition coefficient (Wildman–Crippen LogP) is 6.42. The lowest BCUT2D eigenvalue weighted by molar-refractivity contribution is 0.572. The van der Waals surface area contributed by atoms with Crippen molar-refractivity contribution in [3.05, 3.63) is 71.0 Å². The lowest BCUT2D eigenvalue weighted by Crippen LogP contribution is -2.10. The van der Waals surface area contributed by atoms with Crippen molar-refractivity contribution in [3.63, 3.8) is 0 Å². The van der Waals surface area contributed by atoms with E-state index in [0.717, 1.165) is 5.56 Å². The first-order valence-corrected chi connectivity index (χ1v) is 7.83. The molecule has 0 aliphatic carbocycles. The summed E-state index contributed by atoms with van der Waals surface area (Å²) in [6.07, 6.45) is 0. The summed E-state index contributed by atoms with van der Waals surface area (Å²) in [5.74, 6) is -0.155. The average Bonchev–Trinajstić information content (AvgIpc) is 2.37. The summed E-state index contributed by atoms with van der Waals surface area (Å²) in [6, 6.07) is 15.4. The molecular weight excluding hydrogens is 271 g/mol. The number of hydrogen-bond donors (Lipinski definition) is 0. The van der Waals surface area contributed by atoms with E-state index in [1.54, 1.807) is 12.1 Å². The Bertz CT molecular complexity index is 542. The summed E-state index contributed by atoms with van der Waals surface area (Å²) >= 11 is 0. The van der Waals surface area contributed by atoms with Gasteiger partial charge in [0.05, 0.1) is 0 Å². The third-order valence-electron chi connectivity index (χ3n) is 3.57. The Balaban J connectivity index is 0.000000220. The lowest BCUT2D eigenvalue weighted by atomic mass is 9.86. The first kappa shape index (κ1) is 18.4. The monoisotopic (exact) mass is 300 g/mol. The minimum Gasteiger partial charge on any atom is -0.207 e. The molecule has 22 heavy (non-hydrogen) atoms. The quantitative estimate of drug-likeness (QED) is 0.527. The van der Waals surface area contributed by atoms with Crippen molar-refractivity contribution in [3.8, 4) is 0 Å². The van der Waals surface area contributed by atoms with Crippen LogP contribution in [0.4, 0.5) is 4.39 Å². The van der Waals surface area contributed by atoms with Crippen LogP contribution in [0.5, 0.6) is 0 Å². The van der Waals surface area contributed by atoms with E-state index in [1.807, 2.05) is 6.07 Å². The fourth-order valence-corrected chi connectivity index (χ4v) is 2.07. The summed E-state index contributed by atoms with van der Waals surface area (Å²) in [5.41, 5.74) is 4.13. The Labute approximate surface area is 135 Å². The van der Waals surface area contributed by atoms with Gasteiger partial charge in [0.15, 0.2) is 0 Å². The van der Waals surface area contributed by atoms with Gasteiger partial charge in [0.25, 0.3) is 0 Å². The zero-order valence-corrected chi connectivity index (χ0v) is 15.0. The van der Waals surface area contributed by atoms with E-state index < -0.39 is 0 Å². The molecule has 0 spiro atoms. The summed E-state index contributed by atoms with van der Waals surface area (Å²) < 4.78 is 12.7. The number of benzene rings is 2. The molecule has 0 unspecified atom stereocenters. The molecule has 0 aliphatic rings. The van der Waals surface area contributed by atoms with E-state index in [2.05, 4.69) is 72.7 Å². The van der Waals surface area contributed by atoms with E-state index in [1.165, 1.54) is 17.2 Å². The van der Waals surface area contributed by atoms with Crippen LogP contribution in [0.25, 0.3) is 0 Å². The van der Waals surface area contributed by atoms with Gasteiger partial charge in [-0.1, -0.05) is 83.5 Å². The van der Waals surface area contributed by atoms with Gasteiger partial charge in [-0.2, -0.15) is 0 Å². The summed E-state index contributed by atoms with van der Waals surface area (Å²) in [5, 5.41) is 0. The number of halogens is 1. The van der Waals surface area contributed by atoms with Gasteiger partial charge in [-0.05, 0) is 41.0 Å². The summed E-state index contributed by atoms with van der Waals surface area (Å²) in [4.78, 5) is 0. The summed E-state index contributed by atoms with van der Waals surface area (Å²) in [7, 11) is 0. The van der Waals surface area contributed by atoms with Gasteiger partial charge >= 0.3 is 0 Å². The third kappa shape index (κ3) is 6.01. The SMILES string of the molecule is CC(C)(C)c1cccc(F)c1.Cc1cccc(C(C)(C)C)c1. The molecule has 0 aromatic heterocycles. The molecule has 2 aromatic rings. The molecule has 120 valence electrons. The zero-order chi connectivity index (χ0) is 17.0. The second kappa shape index (κ2) is 7.09. The first-order chi connectivity index (χ1) is 10.00. The summed E-state index contributed by atoms with van der Waals surface area (Å²) in [6.45, 7) is 15.1. The van der Waals surface area contributed by atoms with E-state index in [4.69, 9.17) is 0 Å². The van der Waals surface area contributed by atoms with E-state index >= 15 is 0 Å². The molecule has 0 amide bonds. The fraction of sp³-hybridized carbons (Fsp3) is 0.429. The molecule has 0 fully saturated rings. The van der Waals surface area contributed by atoms with E-state index in [9.17, 15) is 4.39 Å². The van der Waals surface area contributed by atoms with Gasteiger partial charge in [-0.15, -0.1) is 0 Å². The van der Waals surface area contributed by atoms with Crippen LogP contribution < -0.4 is 0 Å². The van der Waals surface area contributed by atoms with Gasteiger partial charge in [0.1, 0.15) is 5.82 Å². The molecule has 0 N–H and O–H groups in total. The van der Waals surface area contributed by atoms with Crippen molar-refractivity contribution >= 4 is 0 Å². The highest BCUT2D eigenvalue weighted by Crippen LogP contribution is 2.22. The normalized spacial score (nSPS) is 11.6.